The molecule has 6 nitrogen and oxygen atoms in total. The Hall–Kier alpha value is -3.30. The van der Waals surface area contributed by atoms with E-state index in [-0.39, 0.29) is 30.2 Å². The molecule has 0 bridgehead atoms. The zero-order valence-electron chi connectivity index (χ0n) is 17.3. The summed E-state index contributed by atoms with van der Waals surface area (Å²) in [5, 5.41) is 2.73. The first-order valence-electron chi connectivity index (χ1n) is 9.80. The summed E-state index contributed by atoms with van der Waals surface area (Å²) in [6.45, 7) is 0.106. The highest BCUT2D eigenvalue weighted by molar-refractivity contribution is 7.89. The molecule has 0 aliphatic heterocycles. The van der Waals surface area contributed by atoms with Gasteiger partial charge < -0.3 is 10.1 Å². The minimum Gasteiger partial charge on any atom is -0.455 e. The predicted octanol–water partition coefficient (Wildman–Crippen LogP) is 4.80. The molecule has 0 radical (unpaired) electrons. The van der Waals surface area contributed by atoms with E-state index in [9.17, 15) is 22.0 Å². The van der Waals surface area contributed by atoms with E-state index >= 15 is 0 Å². The van der Waals surface area contributed by atoms with E-state index in [2.05, 4.69) is 5.32 Å². The largest absolute Gasteiger partial charge is 0.455 e. The van der Waals surface area contributed by atoms with Gasteiger partial charge in [0.15, 0.2) is 5.75 Å². The van der Waals surface area contributed by atoms with E-state index in [1.165, 1.54) is 37.4 Å². The van der Waals surface area contributed by atoms with E-state index in [4.69, 9.17) is 4.74 Å². The molecule has 0 saturated carbocycles. The summed E-state index contributed by atoms with van der Waals surface area (Å²) >= 11 is 0. The smallest absolute Gasteiger partial charge is 0.242 e. The molecule has 0 aliphatic carbocycles. The Morgan fingerprint density at radius 1 is 0.969 bits per heavy atom. The van der Waals surface area contributed by atoms with Crippen LogP contribution in [-0.4, -0.2) is 32.2 Å². The van der Waals surface area contributed by atoms with Crippen molar-refractivity contribution in [2.24, 2.45) is 0 Å². The number of sulfonamides is 1. The molecule has 168 valence electrons. The van der Waals surface area contributed by atoms with Crippen molar-refractivity contribution in [3.63, 3.8) is 0 Å². The van der Waals surface area contributed by atoms with Gasteiger partial charge in [-0.1, -0.05) is 18.2 Å². The first-order chi connectivity index (χ1) is 15.3. The maximum absolute atomic E-state index is 13.4. The summed E-state index contributed by atoms with van der Waals surface area (Å²) in [6, 6.07) is 16.9. The average Bonchev–Trinajstić information content (AvgIpc) is 2.75. The summed E-state index contributed by atoms with van der Waals surface area (Å²) in [7, 11) is -2.37. The van der Waals surface area contributed by atoms with E-state index in [1.54, 1.807) is 30.3 Å². The number of carbonyl (C=O) groups excluding carboxylic acids is 1. The van der Waals surface area contributed by atoms with Crippen molar-refractivity contribution in [3.8, 4) is 11.5 Å². The van der Waals surface area contributed by atoms with Crippen LogP contribution in [-0.2, 0) is 14.8 Å². The van der Waals surface area contributed by atoms with Crippen molar-refractivity contribution < 1.29 is 26.7 Å². The summed E-state index contributed by atoms with van der Waals surface area (Å²) in [4.78, 5) is 12.4. The second-order valence-electron chi connectivity index (χ2n) is 6.99. The number of hydrogen-bond acceptors (Lipinski definition) is 4. The number of nitrogens with zero attached hydrogens (tertiary/aromatic N) is 1. The monoisotopic (exact) mass is 460 g/mol. The third kappa shape index (κ3) is 6.12. The highest BCUT2D eigenvalue weighted by atomic mass is 32.2. The van der Waals surface area contributed by atoms with Crippen LogP contribution in [0.4, 0.5) is 14.5 Å². The third-order valence-corrected chi connectivity index (χ3v) is 6.45. The molecule has 1 N–H and O–H groups in total. The fraction of sp³-hybridized carbons (Fsp3) is 0.174. The van der Waals surface area contributed by atoms with Gasteiger partial charge in [-0.05, 0) is 55.0 Å². The lowest BCUT2D eigenvalue weighted by Crippen LogP contribution is -2.28. The van der Waals surface area contributed by atoms with Gasteiger partial charge in [0.05, 0.1) is 10.6 Å². The number of carbonyl (C=O) groups is 1. The summed E-state index contributed by atoms with van der Waals surface area (Å²) < 4.78 is 58.2. The van der Waals surface area contributed by atoms with E-state index < -0.39 is 21.7 Å². The van der Waals surface area contributed by atoms with Crippen LogP contribution in [0.1, 0.15) is 12.8 Å². The van der Waals surface area contributed by atoms with E-state index in [0.717, 1.165) is 16.4 Å². The Kier molecular flexibility index (Phi) is 7.55. The van der Waals surface area contributed by atoms with E-state index in [0.29, 0.717) is 17.2 Å². The molecule has 0 fully saturated rings. The molecule has 3 rings (SSSR count). The quantitative estimate of drug-likeness (QED) is 0.498. The molecular weight excluding hydrogens is 438 g/mol. The van der Waals surface area contributed by atoms with Crippen LogP contribution < -0.4 is 10.1 Å². The van der Waals surface area contributed by atoms with Crippen molar-refractivity contribution in [3.05, 3.63) is 84.4 Å². The Bertz CT molecular complexity index is 1180. The molecule has 1 amide bonds. The standard InChI is InChI=1S/C23H22F2N2O4S/c1-27(32(29,30)20-13-11-17(24)12-14-20)15-5-10-23(28)26-21-8-2-3-9-22(21)31-19-7-4-6-18(25)16-19/h2-4,6-9,11-14,16H,5,10,15H2,1H3,(H,26,28). The third-order valence-electron chi connectivity index (χ3n) is 4.58. The second-order valence-corrected chi connectivity index (χ2v) is 9.03. The molecule has 3 aromatic carbocycles. The van der Waals surface area contributed by atoms with Crippen molar-refractivity contribution >= 4 is 21.6 Å². The molecule has 0 saturated heterocycles. The Morgan fingerprint density at radius 3 is 2.41 bits per heavy atom. The van der Waals surface area contributed by atoms with Crippen LogP contribution in [0.25, 0.3) is 0 Å². The molecule has 9 heteroatoms. The van der Waals surface area contributed by atoms with Gasteiger partial charge in [0, 0.05) is 26.1 Å². The first-order valence-corrected chi connectivity index (χ1v) is 11.2. The summed E-state index contributed by atoms with van der Waals surface area (Å²) in [5.41, 5.74) is 0.411. The molecule has 0 unspecified atom stereocenters. The zero-order chi connectivity index (χ0) is 23.1. The van der Waals surface area contributed by atoms with Crippen molar-refractivity contribution in [1.29, 1.82) is 0 Å². The maximum atomic E-state index is 13.4. The van der Waals surface area contributed by atoms with E-state index in [1.807, 2.05) is 0 Å². The van der Waals surface area contributed by atoms with Crippen LogP contribution in [0.15, 0.2) is 77.7 Å². The van der Waals surface area contributed by atoms with Crippen LogP contribution in [0.3, 0.4) is 0 Å². The highest BCUT2D eigenvalue weighted by Crippen LogP contribution is 2.29. The topological polar surface area (TPSA) is 75.7 Å². The SMILES string of the molecule is CN(CCCC(=O)Nc1ccccc1Oc1cccc(F)c1)S(=O)(=O)c1ccc(F)cc1. The lowest BCUT2D eigenvalue weighted by atomic mass is 10.2. The number of para-hydroxylation sites is 2. The van der Waals surface area contributed by atoms with Crippen LogP contribution in [0, 0.1) is 11.6 Å². The van der Waals surface area contributed by atoms with Crippen LogP contribution in [0.5, 0.6) is 11.5 Å². The van der Waals surface area contributed by atoms with Gasteiger partial charge in [-0.2, -0.15) is 0 Å². The molecular formula is C23H22F2N2O4S. The number of hydrogen-bond donors (Lipinski definition) is 1. The second kappa shape index (κ2) is 10.3. The van der Waals surface area contributed by atoms with Gasteiger partial charge >= 0.3 is 0 Å². The highest BCUT2D eigenvalue weighted by Gasteiger charge is 2.20. The van der Waals surface area contributed by atoms with Gasteiger partial charge in [-0.3, -0.25) is 4.79 Å². The maximum Gasteiger partial charge on any atom is 0.242 e. The summed E-state index contributed by atoms with van der Waals surface area (Å²) in [5.74, 6) is -0.650. The van der Waals surface area contributed by atoms with Gasteiger partial charge in [0.25, 0.3) is 0 Å². The minimum atomic E-state index is -3.77. The zero-order valence-corrected chi connectivity index (χ0v) is 18.1. The number of ether oxygens (including phenoxy) is 1. The van der Waals surface area contributed by atoms with Gasteiger partial charge in [0.1, 0.15) is 17.4 Å². The number of amides is 1. The normalized spacial score (nSPS) is 11.4. The van der Waals surface area contributed by atoms with Crippen LogP contribution in [0.2, 0.25) is 0 Å². The van der Waals surface area contributed by atoms with Crippen molar-refractivity contribution in [2.75, 3.05) is 18.9 Å². The lowest BCUT2D eigenvalue weighted by Gasteiger charge is -2.17. The van der Waals surface area contributed by atoms with Crippen molar-refractivity contribution in [1.82, 2.24) is 4.31 Å². The number of halogens is 2. The summed E-state index contributed by atoms with van der Waals surface area (Å²) in [6.07, 6.45) is 0.341. The van der Waals surface area contributed by atoms with Gasteiger partial charge in [-0.25, -0.2) is 21.5 Å². The van der Waals surface area contributed by atoms with Gasteiger partial charge in [-0.15, -0.1) is 0 Å². The molecule has 32 heavy (non-hydrogen) atoms. The fourth-order valence-electron chi connectivity index (χ4n) is 2.90. The van der Waals surface area contributed by atoms with Gasteiger partial charge in [0.2, 0.25) is 15.9 Å². The Balaban J connectivity index is 1.56. The molecule has 0 spiro atoms. The first kappa shape index (κ1) is 23.4. The van der Waals surface area contributed by atoms with Crippen LogP contribution >= 0.6 is 0 Å². The molecule has 0 aromatic heterocycles. The Morgan fingerprint density at radius 2 is 1.69 bits per heavy atom. The fourth-order valence-corrected chi connectivity index (χ4v) is 4.11. The number of nitrogens with one attached hydrogen (secondary N) is 1. The minimum absolute atomic E-state index is 0.0192. The molecule has 0 atom stereocenters. The lowest BCUT2D eigenvalue weighted by molar-refractivity contribution is -0.116. The number of rotatable bonds is 9. The molecule has 3 aromatic rings. The Labute approximate surface area is 185 Å². The predicted molar refractivity (Wildman–Crippen MR) is 117 cm³/mol. The molecule has 0 heterocycles. The number of benzene rings is 3. The van der Waals surface area contributed by atoms with Crippen molar-refractivity contribution in [2.45, 2.75) is 17.7 Å². The molecule has 0 aliphatic rings. The number of anilines is 1. The average molecular weight is 461 g/mol.